The van der Waals surface area contributed by atoms with Gasteiger partial charge in [0.2, 0.25) is 0 Å². The van der Waals surface area contributed by atoms with Crippen molar-refractivity contribution in [3.8, 4) is 11.5 Å². The highest BCUT2D eigenvalue weighted by atomic mass is 16.5. The van der Waals surface area contributed by atoms with Gasteiger partial charge in [0, 0.05) is 25.7 Å². The minimum atomic E-state index is -0.126. The Bertz CT molecular complexity index is 718. The Labute approximate surface area is 159 Å². The third-order valence-corrected chi connectivity index (χ3v) is 3.69. The number of nitrogens with zero attached hydrogens (tertiary/aromatic N) is 1. The normalized spacial score (nSPS) is 10.8. The van der Waals surface area contributed by atoms with E-state index in [0.29, 0.717) is 37.8 Å². The number of amides is 1. The van der Waals surface area contributed by atoms with Crippen LogP contribution in [0.1, 0.15) is 10.4 Å². The van der Waals surface area contributed by atoms with E-state index in [1.165, 1.54) is 0 Å². The van der Waals surface area contributed by atoms with E-state index in [1.807, 2.05) is 30.3 Å². The maximum absolute atomic E-state index is 12.1. The quantitative estimate of drug-likeness (QED) is 0.355. The number of carbonyl (C=O) groups excluding carboxylic acids is 1. The second-order valence-electron chi connectivity index (χ2n) is 5.57. The zero-order valence-electron chi connectivity index (χ0n) is 15.7. The number of hydrogen-bond donors (Lipinski definition) is 3. The van der Waals surface area contributed by atoms with Gasteiger partial charge in [-0.2, -0.15) is 0 Å². The van der Waals surface area contributed by atoms with Gasteiger partial charge in [-0.05, 0) is 36.4 Å². The summed E-state index contributed by atoms with van der Waals surface area (Å²) in [5.41, 5.74) is 0.594. The summed E-state index contributed by atoms with van der Waals surface area (Å²) in [5.74, 6) is 2.09. The molecule has 0 aliphatic rings. The average Bonchev–Trinajstić information content (AvgIpc) is 2.73. The van der Waals surface area contributed by atoms with Crippen LogP contribution in [0.15, 0.2) is 59.6 Å². The van der Waals surface area contributed by atoms with Crippen LogP contribution < -0.4 is 25.4 Å². The van der Waals surface area contributed by atoms with Gasteiger partial charge in [-0.25, -0.2) is 0 Å². The summed E-state index contributed by atoms with van der Waals surface area (Å²) < 4.78 is 10.7. The molecule has 0 aromatic heterocycles. The van der Waals surface area contributed by atoms with E-state index in [4.69, 9.17) is 9.47 Å². The molecule has 7 heteroatoms. The molecule has 0 unspecified atom stereocenters. The molecule has 0 saturated carbocycles. The van der Waals surface area contributed by atoms with Gasteiger partial charge in [-0.1, -0.05) is 18.2 Å². The predicted octanol–water partition coefficient (Wildman–Crippen LogP) is 1.67. The highest BCUT2D eigenvalue weighted by Crippen LogP contribution is 2.10. The van der Waals surface area contributed by atoms with Crippen molar-refractivity contribution in [2.24, 2.45) is 4.99 Å². The maximum Gasteiger partial charge on any atom is 0.251 e. The summed E-state index contributed by atoms with van der Waals surface area (Å²) >= 11 is 0. The summed E-state index contributed by atoms with van der Waals surface area (Å²) in [5, 5.41) is 9.16. The smallest absolute Gasteiger partial charge is 0.251 e. The number of guanidine groups is 1. The summed E-state index contributed by atoms with van der Waals surface area (Å²) in [4.78, 5) is 16.2. The van der Waals surface area contributed by atoms with Gasteiger partial charge in [0.25, 0.3) is 5.91 Å². The van der Waals surface area contributed by atoms with Gasteiger partial charge in [0.05, 0.1) is 13.7 Å². The number of hydrogen-bond acceptors (Lipinski definition) is 4. The lowest BCUT2D eigenvalue weighted by Gasteiger charge is -2.13. The van der Waals surface area contributed by atoms with Crippen molar-refractivity contribution in [3.63, 3.8) is 0 Å². The molecular formula is C20H26N4O3. The van der Waals surface area contributed by atoms with Gasteiger partial charge in [-0.15, -0.1) is 0 Å². The topological polar surface area (TPSA) is 84.0 Å². The zero-order valence-corrected chi connectivity index (χ0v) is 15.7. The number of benzene rings is 2. The molecular weight excluding hydrogens is 344 g/mol. The molecule has 0 aliphatic carbocycles. The first-order chi connectivity index (χ1) is 13.2. The van der Waals surface area contributed by atoms with Crippen molar-refractivity contribution in [1.29, 1.82) is 0 Å². The lowest BCUT2D eigenvalue weighted by molar-refractivity contribution is 0.0954. The second-order valence-corrected chi connectivity index (χ2v) is 5.57. The molecule has 2 rings (SSSR count). The molecule has 0 fully saturated rings. The molecule has 7 nitrogen and oxygen atoms in total. The third kappa shape index (κ3) is 7.27. The Morgan fingerprint density at radius 2 is 1.56 bits per heavy atom. The molecule has 2 aromatic carbocycles. The van der Waals surface area contributed by atoms with E-state index < -0.39 is 0 Å². The van der Waals surface area contributed by atoms with Crippen molar-refractivity contribution in [2.75, 3.05) is 40.4 Å². The molecule has 0 bridgehead atoms. The molecule has 0 heterocycles. The molecule has 0 atom stereocenters. The van der Waals surface area contributed by atoms with E-state index in [-0.39, 0.29) is 5.91 Å². The average molecular weight is 370 g/mol. The summed E-state index contributed by atoms with van der Waals surface area (Å²) in [6.07, 6.45) is 0. The van der Waals surface area contributed by atoms with Crippen molar-refractivity contribution in [2.45, 2.75) is 0 Å². The summed E-state index contributed by atoms with van der Waals surface area (Å²) in [7, 11) is 3.29. The molecule has 1 amide bonds. The number of aliphatic imine (C=N–C) groups is 1. The van der Waals surface area contributed by atoms with Crippen molar-refractivity contribution < 1.29 is 14.3 Å². The first-order valence-electron chi connectivity index (χ1n) is 8.77. The first-order valence-corrected chi connectivity index (χ1v) is 8.77. The van der Waals surface area contributed by atoms with E-state index in [9.17, 15) is 4.79 Å². The van der Waals surface area contributed by atoms with Crippen molar-refractivity contribution in [3.05, 3.63) is 60.2 Å². The predicted molar refractivity (Wildman–Crippen MR) is 107 cm³/mol. The molecule has 0 saturated heterocycles. The summed E-state index contributed by atoms with van der Waals surface area (Å²) in [6, 6.07) is 16.6. The molecule has 3 N–H and O–H groups in total. The first kappa shape index (κ1) is 20.1. The molecule has 27 heavy (non-hydrogen) atoms. The Morgan fingerprint density at radius 3 is 2.22 bits per heavy atom. The van der Waals surface area contributed by atoms with Crippen LogP contribution in [0.4, 0.5) is 0 Å². The fourth-order valence-electron chi connectivity index (χ4n) is 2.28. The third-order valence-electron chi connectivity index (χ3n) is 3.69. The Balaban J connectivity index is 1.60. The number of para-hydroxylation sites is 1. The Morgan fingerprint density at radius 1 is 0.889 bits per heavy atom. The minimum Gasteiger partial charge on any atom is -0.497 e. The summed E-state index contributed by atoms with van der Waals surface area (Å²) in [6.45, 7) is 2.18. The van der Waals surface area contributed by atoms with Gasteiger partial charge in [0.1, 0.15) is 18.1 Å². The van der Waals surface area contributed by atoms with Crippen LogP contribution in [-0.2, 0) is 0 Å². The van der Waals surface area contributed by atoms with Crippen LogP contribution in [0, 0.1) is 0 Å². The lowest BCUT2D eigenvalue weighted by Crippen LogP contribution is -2.42. The molecule has 0 radical (unpaired) electrons. The van der Waals surface area contributed by atoms with E-state index in [1.54, 1.807) is 38.4 Å². The monoisotopic (exact) mass is 370 g/mol. The van der Waals surface area contributed by atoms with E-state index in [2.05, 4.69) is 20.9 Å². The largest absolute Gasteiger partial charge is 0.497 e. The SMILES string of the molecule is CN=C(NCCNC(=O)c1ccc(OC)cc1)NCCOc1ccccc1. The van der Waals surface area contributed by atoms with Crippen LogP contribution in [-0.4, -0.2) is 52.3 Å². The van der Waals surface area contributed by atoms with E-state index >= 15 is 0 Å². The maximum atomic E-state index is 12.1. The van der Waals surface area contributed by atoms with Gasteiger partial charge < -0.3 is 25.4 Å². The van der Waals surface area contributed by atoms with Crippen LogP contribution in [0.5, 0.6) is 11.5 Å². The van der Waals surface area contributed by atoms with Gasteiger partial charge in [0.15, 0.2) is 5.96 Å². The van der Waals surface area contributed by atoms with Crippen LogP contribution >= 0.6 is 0 Å². The molecule has 0 spiro atoms. The fourth-order valence-corrected chi connectivity index (χ4v) is 2.28. The van der Waals surface area contributed by atoms with Crippen molar-refractivity contribution >= 4 is 11.9 Å². The van der Waals surface area contributed by atoms with Crippen molar-refractivity contribution in [1.82, 2.24) is 16.0 Å². The lowest BCUT2D eigenvalue weighted by atomic mass is 10.2. The second kappa shape index (κ2) is 11.4. The van der Waals surface area contributed by atoms with Gasteiger partial charge in [-0.3, -0.25) is 9.79 Å². The van der Waals surface area contributed by atoms with Crippen LogP contribution in [0.2, 0.25) is 0 Å². The number of methoxy groups -OCH3 is 1. The van der Waals surface area contributed by atoms with E-state index in [0.717, 1.165) is 11.5 Å². The fraction of sp³-hybridized carbons (Fsp3) is 0.300. The standard InChI is InChI=1S/C20H26N4O3/c1-21-20(24-14-15-27-18-6-4-3-5-7-18)23-13-12-22-19(25)16-8-10-17(26-2)11-9-16/h3-11H,12-15H2,1-2H3,(H,22,25)(H2,21,23,24). The number of ether oxygens (including phenoxy) is 2. The molecule has 144 valence electrons. The highest BCUT2D eigenvalue weighted by molar-refractivity contribution is 5.94. The van der Waals surface area contributed by atoms with Crippen LogP contribution in [0.3, 0.4) is 0 Å². The number of carbonyl (C=O) groups is 1. The number of rotatable bonds is 9. The van der Waals surface area contributed by atoms with Gasteiger partial charge >= 0.3 is 0 Å². The molecule has 2 aromatic rings. The Kier molecular flexibility index (Phi) is 8.49. The number of nitrogens with one attached hydrogen (secondary N) is 3. The Hall–Kier alpha value is -3.22. The molecule has 0 aliphatic heterocycles. The van der Waals surface area contributed by atoms with Crippen LogP contribution in [0.25, 0.3) is 0 Å². The highest BCUT2D eigenvalue weighted by Gasteiger charge is 2.05. The minimum absolute atomic E-state index is 0.126. The zero-order chi connectivity index (χ0) is 19.3.